The van der Waals surface area contributed by atoms with E-state index in [1.807, 2.05) is 4.90 Å². The van der Waals surface area contributed by atoms with E-state index < -0.39 is 5.91 Å². The highest BCUT2D eigenvalue weighted by Gasteiger charge is 2.28. The monoisotopic (exact) mass is 322 g/mol. The molecule has 0 radical (unpaired) electrons. The van der Waals surface area contributed by atoms with E-state index in [1.54, 1.807) is 5.38 Å². The van der Waals surface area contributed by atoms with Crippen molar-refractivity contribution in [2.75, 3.05) is 26.2 Å². The number of carbonyl (C=O) groups is 2. The third kappa shape index (κ3) is 3.30. The van der Waals surface area contributed by atoms with Crippen molar-refractivity contribution in [1.29, 1.82) is 0 Å². The molecule has 2 fully saturated rings. The zero-order valence-electron chi connectivity index (χ0n) is 12.7. The van der Waals surface area contributed by atoms with Crippen molar-refractivity contribution in [3.8, 4) is 0 Å². The molecule has 0 atom stereocenters. The molecule has 1 saturated heterocycles. The number of piperazine rings is 1. The third-order valence-electron chi connectivity index (χ3n) is 4.63. The van der Waals surface area contributed by atoms with Crippen LogP contribution in [0, 0.1) is 0 Å². The van der Waals surface area contributed by atoms with Crippen LogP contribution in [0.2, 0.25) is 0 Å². The fourth-order valence-corrected chi connectivity index (χ4v) is 4.03. The van der Waals surface area contributed by atoms with Crippen LogP contribution in [-0.2, 0) is 0 Å². The number of thiazole rings is 1. The molecule has 6 nitrogen and oxygen atoms in total. The average molecular weight is 322 g/mol. The molecule has 120 valence electrons. The Kier molecular flexibility index (Phi) is 4.73. The highest BCUT2D eigenvalue weighted by Crippen LogP contribution is 2.23. The number of amides is 2. The summed E-state index contributed by atoms with van der Waals surface area (Å²) in [5.74, 6) is -0.668. The van der Waals surface area contributed by atoms with Crippen LogP contribution in [0.15, 0.2) is 5.38 Å². The molecule has 1 aliphatic heterocycles. The summed E-state index contributed by atoms with van der Waals surface area (Å²) in [6.45, 7) is 3.34. The summed E-state index contributed by atoms with van der Waals surface area (Å²) in [6, 6.07) is 0.701. The van der Waals surface area contributed by atoms with Crippen LogP contribution in [0.3, 0.4) is 0 Å². The lowest BCUT2D eigenvalue weighted by Crippen LogP contribution is -2.52. The highest BCUT2D eigenvalue weighted by molar-refractivity contribution is 7.11. The minimum Gasteiger partial charge on any atom is -0.364 e. The summed E-state index contributed by atoms with van der Waals surface area (Å²) in [7, 11) is 0. The van der Waals surface area contributed by atoms with Crippen LogP contribution in [0.1, 0.15) is 52.4 Å². The number of nitrogens with two attached hydrogens (primary N) is 1. The minimum absolute atomic E-state index is 0.0907. The van der Waals surface area contributed by atoms with Crippen LogP contribution in [0.4, 0.5) is 0 Å². The third-order valence-corrected chi connectivity index (χ3v) is 5.48. The van der Waals surface area contributed by atoms with Gasteiger partial charge < -0.3 is 10.6 Å². The summed E-state index contributed by atoms with van der Waals surface area (Å²) < 4.78 is 0. The molecule has 1 saturated carbocycles. The summed E-state index contributed by atoms with van der Waals surface area (Å²) in [6.07, 6.45) is 6.61. The predicted molar refractivity (Wildman–Crippen MR) is 85.0 cm³/mol. The average Bonchev–Trinajstić information content (AvgIpc) is 3.05. The molecule has 0 unspecified atom stereocenters. The van der Waals surface area contributed by atoms with Gasteiger partial charge in [-0.1, -0.05) is 19.3 Å². The smallest absolute Gasteiger partial charge is 0.277 e. The van der Waals surface area contributed by atoms with Gasteiger partial charge in [-0.15, -0.1) is 11.3 Å². The van der Waals surface area contributed by atoms with Gasteiger partial charge in [0.05, 0.1) is 0 Å². The quantitative estimate of drug-likeness (QED) is 0.910. The zero-order chi connectivity index (χ0) is 15.5. The number of rotatable bonds is 3. The molecule has 1 aliphatic carbocycles. The summed E-state index contributed by atoms with van der Waals surface area (Å²) in [4.78, 5) is 31.9. The first kappa shape index (κ1) is 15.4. The maximum absolute atomic E-state index is 12.4. The van der Waals surface area contributed by atoms with Gasteiger partial charge in [-0.2, -0.15) is 0 Å². The standard InChI is InChI=1S/C15H22N4O2S/c16-13(20)14-17-12(10-22-14)15(21)19-8-6-18(7-9-19)11-4-2-1-3-5-11/h10-11H,1-9H2,(H2,16,20). The zero-order valence-corrected chi connectivity index (χ0v) is 13.5. The molecule has 1 aromatic heterocycles. The first-order valence-corrected chi connectivity index (χ1v) is 8.82. The molecular weight excluding hydrogens is 300 g/mol. The number of primary amides is 1. The molecule has 2 amide bonds. The van der Waals surface area contributed by atoms with Gasteiger partial charge in [0.1, 0.15) is 5.69 Å². The largest absolute Gasteiger partial charge is 0.364 e. The molecule has 0 aromatic carbocycles. The Bertz CT molecular complexity index is 545. The van der Waals surface area contributed by atoms with E-state index in [1.165, 1.54) is 32.1 Å². The van der Waals surface area contributed by atoms with E-state index in [4.69, 9.17) is 5.73 Å². The molecule has 7 heteroatoms. The van der Waals surface area contributed by atoms with Crippen molar-refractivity contribution in [2.24, 2.45) is 5.73 Å². The fourth-order valence-electron chi connectivity index (χ4n) is 3.38. The van der Waals surface area contributed by atoms with Gasteiger partial charge in [-0.25, -0.2) is 4.98 Å². The van der Waals surface area contributed by atoms with Crippen LogP contribution in [0.25, 0.3) is 0 Å². The van der Waals surface area contributed by atoms with Gasteiger partial charge in [-0.05, 0) is 12.8 Å². The molecule has 2 heterocycles. The number of nitrogens with zero attached hydrogens (tertiary/aromatic N) is 3. The second-order valence-electron chi connectivity index (χ2n) is 6.02. The van der Waals surface area contributed by atoms with Crippen LogP contribution < -0.4 is 5.73 Å². The molecular formula is C15H22N4O2S. The van der Waals surface area contributed by atoms with Crippen molar-refractivity contribution in [2.45, 2.75) is 38.1 Å². The summed E-state index contributed by atoms with van der Waals surface area (Å²) in [5.41, 5.74) is 5.52. The van der Waals surface area contributed by atoms with Gasteiger partial charge in [-0.3, -0.25) is 14.5 Å². The number of hydrogen-bond acceptors (Lipinski definition) is 5. The van der Waals surface area contributed by atoms with E-state index in [0.29, 0.717) is 11.7 Å². The first-order chi connectivity index (χ1) is 10.6. The van der Waals surface area contributed by atoms with Crippen LogP contribution in [0.5, 0.6) is 0 Å². The fraction of sp³-hybridized carbons (Fsp3) is 0.667. The highest BCUT2D eigenvalue weighted by atomic mass is 32.1. The maximum Gasteiger partial charge on any atom is 0.277 e. The number of hydrogen-bond donors (Lipinski definition) is 1. The summed E-state index contributed by atoms with van der Waals surface area (Å²) in [5, 5.41) is 1.82. The Morgan fingerprint density at radius 3 is 2.41 bits per heavy atom. The Morgan fingerprint density at radius 2 is 1.82 bits per heavy atom. The van der Waals surface area contributed by atoms with Crippen molar-refractivity contribution in [1.82, 2.24) is 14.8 Å². The number of carbonyl (C=O) groups excluding carboxylic acids is 2. The van der Waals surface area contributed by atoms with Crippen LogP contribution >= 0.6 is 11.3 Å². The molecule has 2 aliphatic rings. The van der Waals surface area contributed by atoms with Gasteiger partial charge in [0.25, 0.3) is 11.8 Å². The van der Waals surface area contributed by atoms with E-state index >= 15 is 0 Å². The SMILES string of the molecule is NC(=O)c1nc(C(=O)N2CCN(C3CCCCC3)CC2)cs1. The summed E-state index contributed by atoms with van der Waals surface area (Å²) >= 11 is 1.13. The van der Waals surface area contributed by atoms with E-state index in [0.717, 1.165) is 37.5 Å². The second-order valence-corrected chi connectivity index (χ2v) is 6.88. The Balaban J connectivity index is 1.55. The van der Waals surface area contributed by atoms with E-state index in [2.05, 4.69) is 9.88 Å². The Labute approximate surface area is 134 Å². The van der Waals surface area contributed by atoms with Crippen molar-refractivity contribution in [3.05, 3.63) is 16.1 Å². The predicted octanol–water partition coefficient (Wildman–Crippen LogP) is 1.33. The molecule has 0 bridgehead atoms. The number of aromatic nitrogens is 1. The molecule has 3 rings (SSSR count). The van der Waals surface area contributed by atoms with Gasteiger partial charge >= 0.3 is 0 Å². The van der Waals surface area contributed by atoms with Crippen molar-refractivity contribution < 1.29 is 9.59 Å². The van der Waals surface area contributed by atoms with Crippen molar-refractivity contribution in [3.63, 3.8) is 0 Å². The van der Waals surface area contributed by atoms with E-state index in [9.17, 15) is 9.59 Å². The van der Waals surface area contributed by atoms with Gasteiger partial charge in [0.15, 0.2) is 5.01 Å². The Morgan fingerprint density at radius 1 is 1.14 bits per heavy atom. The minimum atomic E-state index is -0.578. The molecule has 22 heavy (non-hydrogen) atoms. The lowest BCUT2D eigenvalue weighted by molar-refractivity contribution is 0.0519. The second kappa shape index (κ2) is 6.75. The molecule has 0 spiro atoms. The topological polar surface area (TPSA) is 79.5 Å². The first-order valence-electron chi connectivity index (χ1n) is 7.94. The normalized spacial score (nSPS) is 21.0. The lowest BCUT2D eigenvalue weighted by atomic mass is 9.94. The molecule has 1 aromatic rings. The van der Waals surface area contributed by atoms with Gasteiger partial charge in [0.2, 0.25) is 0 Å². The molecule has 2 N–H and O–H groups in total. The van der Waals surface area contributed by atoms with E-state index in [-0.39, 0.29) is 10.9 Å². The maximum atomic E-state index is 12.4. The van der Waals surface area contributed by atoms with Gasteiger partial charge in [0, 0.05) is 37.6 Å². The van der Waals surface area contributed by atoms with Crippen LogP contribution in [-0.4, -0.2) is 58.8 Å². The Hall–Kier alpha value is -1.47. The van der Waals surface area contributed by atoms with Crippen molar-refractivity contribution >= 4 is 23.2 Å². The lowest BCUT2D eigenvalue weighted by Gasteiger charge is -2.40.